The summed E-state index contributed by atoms with van der Waals surface area (Å²) in [6.45, 7) is 6.72. The smallest absolute Gasteiger partial charge is 0.319 e. The molecule has 136 valence electrons. The van der Waals surface area contributed by atoms with Crippen LogP contribution in [-0.2, 0) is 6.54 Å². The van der Waals surface area contributed by atoms with Crippen molar-refractivity contribution in [1.82, 2.24) is 14.9 Å². The van der Waals surface area contributed by atoms with Crippen molar-refractivity contribution < 1.29 is 9.90 Å². The Morgan fingerprint density at radius 3 is 2.84 bits per heavy atom. The lowest BCUT2D eigenvalue weighted by Gasteiger charge is -2.27. The van der Waals surface area contributed by atoms with Crippen molar-refractivity contribution in [2.75, 3.05) is 11.9 Å². The van der Waals surface area contributed by atoms with Crippen molar-refractivity contribution >= 4 is 11.7 Å². The average molecular weight is 344 g/mol. The number of hydrogen-bond acceptors (Lipinski definition) is 3. The molecule has 0 saturated heterocycles. The lowest BCUT2D eigenvalue weighted by molar-refractivity contribution is 0.172. The van der Waals surface area contributed by atoms with Crippen LogP contribution < -0.4 is 10.6 Å². The van der Waals surface area contributed by atoms with Gasteiger partial charge < -0.3 is 20.3 Å². The highest BCUT2D eigenvalue weighted by molar-refractivity contribution is 5.90. The summed E-state index contributed by atoms with van der Waals surface area (Å²) in [6.07, 6.45) is 6.64. The molecule has 0 radical (unpaired) electrons. The van der Waals surface area contributed by atoms with Gasteiger partial charge in [-0.05, 0) is 31.9 Å². The van der Waals surface area contributed by atoms with E-state index in [0.717, 1.165) is 30.8 Å². The number of aromatic nitrogens is 2. The van der Waals surface area contributed by atoms with E-state index in [-0.39, 0.29) is 12.6 Å². The number of rotatable bonds is 8. The number of amides is 2. The molecule has 6 heteroatoms. The molecule has 0 aliphatic carbocycles. The third-order valence-electron chi connectivity index (χ3n) is 4.39. The molecule has 0 saturated carbocycles. The number of aryl methyl sites for hydroxylation is 1. The molecule has 1 aromatic heterocycles. The molecule has 2 rings (SSSR count). The second-order valence-electron chi connectivity index (χ2n) is 6.53. The molecule has 3 N–H and O–H groups in total. The molecule has 0 fully saturated rings. The number of unbranched alkanes of at least 4 members (excludes halogenated alkanes) is 1. The summed E-state index contributed by atoms with van der Waals surface area (Å²) < 4.78 is 2.13. The minimum Gasteiger partial charge on any atom is -0.394 e. The van der Waals surface area contributed by atoms with Crippen molar-refractivity contribution in [2.45, 2.75) is 52.1 Å². The minimum absolute atomic E-state index is 0.105. The fourth-order valence-electron chi connectivity index (χ4n) is 2.49. The van der Waals surface area contributed by atoms with E-state index < -0.39 is 5.54 Å². The number of imidazole rings is 1. The normalized spacial score (nSPS) is 13.3. The lowest BCUT2D eigenvalue weighted by Crippen LogP contribution is -2.50. The summed E-state index contributed by atoms with van der Waals surface area (Å²) in [6, 6.07) is 7.30. The Hall–Kier alpha value is -2.34. The van der Waals surface area contributed by atoms with Gasteiger partial charge in [0.25, 0.3) is 0 Å². The van der Waals surface area contributed by atoms with Gasteiger partial charge >= 0.3 is 6.03 Å². The molecule has 1 atom stereocenters. The molecule has 1 aromatic carbocycles. The molecule has 1 unspecified atom stereocenters. The van der Waals surface area contributed by atoms with Crippen molar-refractivity contribution in [2.24, 2.45) is 0 Å². The largest absolute Gasteiger partial charge is 0.394 e. The number of hydrogen-bond donors (Lipinski definition) is 3. The molecule has 1 heterocycles. The van der Waals surface area contributed by atoms with Gasteiger partial charge in [0, 0.05) is 30.2 Å². The van der Waals surface area contributed by atoms with Gasteiger partial charge in [0.2, 0.25) is 0 Å². The number of carbonyl (C=O) groups is 1. The number of urea groups is 1. The number of aliphatic hydroxyl groups excluding tert-OH is 1. The lowest BCUT2D eigenvalue weighted by atomic mass is 10.0. The van der Waals surface area contributed by atoms with Gasteiger partial charge in [0.15, 0.2) is 0 Å². The summed E-state index contributed by atoms with van der Waals surface area (Å²) in [5.41, 5.74) is 1.02. The second-order valence-corrected chi connectivity index (χ2v) is 6.53. The number of benzene rings is 1. The Morgan fingerprint density at radius 2 is 2.16 bits per heavy atom. The zero-order chi connectivity index (χ0) is 18.3. The zero-order valence-corrected chi connectivity index (χ0v) is 15.2. The third kappa shape index (κ3) is 5.06. The number of carbonyl (C=O) groups excluding carboxylic acids is 1. The van der Waals surface area contributed by atoms with E-state index in [4.69, 9.17) is 0 Å². The Kier molecular flexibility index (Phi) is 6.58. The maximum Gasteiger partial charge on any atom is 0.319 e. The van der Waals surface area contributed by atoms with Crippen molar-refractivity contribution in [1.29, 1.82) is 0 Å². The molecule has 0 bridgehead atoms. The van der Waals surface area contributed by atoms with Crippen molar-refractivity contribution in [3.05, 3.63) is 36.7 Å². The quantitative estimate of drug-likeness (QED) is 0.684. The van der Waals surface area contributed by atoms with E-state index >= 15 is 0 Å². The number of anilines is 1. The molecule has 0 aliphatic rings. The topological polar surface area (TPSA) is 79.2 Å². The highest BCUT2D eigenvalue weighted by Crippen LogP contribution is 2.22. The van der Waals surface area contributed by atoms with Crippen LogP contribution in [0, 0.1) is 0 Å². The monoisotopic (exact) mass is 344 g/mol. The number of aliphatic hydroxyl groups is 1. The van der Waals surface area contributed by atoms with Crippen LogP contribution >= 0.6 is 0 Å². The first-order chi connectivity index (χ1) is 12.0. The predicted molar refractivity (Wildman–Crippen MR) is 101 cm³/mol. The Bertz CT molecular complexity index is 692. The fourth-order valence-corrected chi connectivity index (χ4v) is 2.49. The molecular weight excluding hydrogens is 316 g/mol. The predicted octanol–water partition coefficient (Wildman–Crippen LogP) is 3.63. The molecule has 0 aliphatic heterocycles. The number of nitrogens with zero attached hydrogens (tertiary/aromatic N) is 2. The summed E-state index contributed by atoms with van der Waals surface area (Å²) in [4.78, 5) is 16.6. The highest BCUT2D eigenvalue weighted by atomic mass is 16.3. The molecular formula is C19H28N4O2. The van der Waals surface area contributed by atoms with E-state index in [2.05, 4.69) is 27.1 Å². The van der Waals surface area contributed by atoms with E-state index in [1.165, 1.54) is 0 Å². The number of nitrogens with one attached hydrogen (secondary N) is 2. The molecule has 0 spiro atoms. The Labute approximate surface area is 149 Å². The third-order valence-corrected chi connectivity index (χ3v) is 4.39. The van der Waals surface area contributed by atoms with E-state index in [1.54, 1.807) is 6.20 Å². The molecule has 6 nitrogen and oxygen atoms in total. The van der Waals surface area contributed by atoms with E-state index in [1.807, 2.05) is 44.3 Å². The van der Waals surface area contributed by atoms with Crippen LogP contribution in [-0.4, -0.2) is 32.8 Å². The standard InChI is InChI=1S/C19H28N4O2/c1-4-6-11-23-12-10-20-17(23)15-8-7-9-16(13-15)21-18(25)22-19(3,5-2)14-24/h7-10,12-13,24H,4-6,11,14H2,1-3H3,(H2,21,22,25). The zero-order valence-electron chi connectivity index (χ0n) is 15.2. The fraction of sp³-hybridized carbons (Fsp3) is 0.474. The van der Waals surface area contributed by atoms with Crippen LogP contribution in [0.5, 0.6) is 0 Å². The molecule has 2 aromatic rings. The Balaban J connectivity index is 2.11. The summed E-state index contributed by atoms with van der Waals surface area (Å²) >= 11 is 0. The second kappa shape index (κ2) is 8.67. The van der Waals surface area contributed by atoms with Gasteiger partial charge in [-0.25, -0.2) is 9.78 Å². The first-order valence-electron chi connectivity index (χ1n) is 8.83. The van der Waals surface area contributed by atoms with Crippen LogP contribution in [0.3, 0.4) is 0 Å². The van der Waals surface area contributed by atoms with Gasteiger partial charge in [-0.3, -0.25) is 0 Å². The minimum atomic E-state index is -0.627. The SMILES string of the molecule is CCCCn1ccnc1-c1cccc(NC(=O)NC(C)(CC)CO)c1. The van der Waals surface area contributed by atoms with Crippen LogP contribution in [0.25, 0.3) is 11.4 Å². The molecule has 2 amide bonds. The summed E-state index contributed by atoms with van der Waals surface area (Å²) in [5, 5.41) is 15.1. The van der Waals surface area contributed by atoms with Gasteiger partial charge in [-0.15, -0.1) is 0 Å². The maximum atomic E-state index is 12.2. The van der Waals surface area contributed by atoms with Crippen LogP contribution in [0.2, 0.25) is 0 Å². The average Bonchev–Trinajstić information content (AvgIpc) is 3.08. The summed E-state index contributed by atoms with van der Waals surface area (Å²) in [5.74, 6) is 0.895. The maximum absolute atomic E-state index is 12.2. The van der Waals surface area contributed by atoms with Crippen LogP contribution in [0.4, 0.5) is 10.5 Å². The van der Waals surface area contributed by atoms with E-state index in [9.17, 15) is 9.90 Å². The van der Waals surface area contributed by atoms with Crippen LogP contribution in [0.1, 0.15) is 40.0 Å². The Morgan fingerprint density at radius 1 is 1.36 bits per heavy atom. The summed E-state index contributed by atoms with van der Waals surface area (Å²) in [7, 11) is 0. The van der Waals surface area contributed by atoms with Gasteiger partial charge in [0.1, 0.15) is 5.82 Å². The van der Waals surface area contributed by atoms with Crippen molar-refractivity contribution in [3.63, 3.8) is 0 Å². The van der Waals surface area contributed by atoms with Crippen LogP contribution in [0.15, 0.2) is 36.7 Å². The molecule has 25 heavy (non-hydrogen) atoms. The van der Waals surface area contributed by atoms with Crippen molar-refractivity contribution in [3.8, 4) is 11.4 Å². The van der Waals surface area contributed by atoms with Gasteiger partial charge in [0.05, 0.1) is 12.1 Å². The highest BCUT2D eigenvalue weighted by Gasteiger charge is 2.23. The first-order valence-corrected chi connectivity index (χ1v) is 8.83. The van der Waals surface area contributed by atoms with E-state index in [0.29, 0.717) is 12.1 Å². The van der Waals surface area contributed by atoms with Gasteiger partial charge in [-0.1, -0.05) is 32.4 Å². The van der Waals surface area contributed by atoms with Gasteiger partial charge in [-0.2, -0.15) is 0 Å². The first kappa shape index (κ1) is 19.0.